The molecule has 6 nitrogen and oxygen atoms in total. The number of carboxylic acids is 1. The van der Waals surface area contributed by atoms with Crippen molar-refractivity contribution < 1.29 is 18.3 Å². The van der Waals surface area contributed by atoms with Gasteiger partial charge in [-0.3, -0.25) is 9.71 Å². The Balaban J connectivity index is 1.72. The van der Waals surface area contributed by atoms with Gasteiger partial charge in [-0.2, -0.15) is 0 Å². The fraction of sp³-hybridized carbons (Fsp3) is 0.0526. The summed E-state index contributed by atoms with van der Waals surface area (Å²) in [6.45, 7) is 0. The number of benzene rings is 2. The van der Waals surface area contributed by atoms with Crippen molar-refractivity contribution in [3.8, 4) is 0 Å². The third kappa shape index (κ3) is 5.12. The van der Waals surface area contributed by atoms with Gasteiger partial charge in [-0.25, -0.2) is 13.2 Å². The highest BCUT2D eigenvalue weighted by Crippen LogP contribution is 2.27. The molecule has 0 aliphatic carbocycles. The molecule has 3 aromatic rings. The molecule has 28 heavy (non-hydrogen) atoms. The van der Waals surface area contributed by atoms with E-state index >= 15 is 0 Å². The van der Waals surface area contributed by atoms with Crippen LogP contribution in [-0.2, 0) is 15.8 Å². The highest BCUT2D eigenvalue weighted by molar-refractivity contribution is 9.10. The molecule has 3 rings (SSSR count). The van der Waals surface area contributed by atoms with E-state index in [2.05, 4.69) is 25.6 Å². The van der Waals surface area contributed by atoms with Crippen molar-refractivity contribution >= 4 is 49.4 Å². The molecule has 0 radical (unpaired) electrons. The van der Waals surface area contributed by atoms with Gasteiger partial charge in [-0.1, -0.05) is 6.07 Å². The van der Waals surface area contributed by atoms with Gasteiger partial charge >= 0.3 is 5.97 Å². The third-order valence-corrected chi connectivity index (χ3v) is 7.16. The fourth-order valence-corrected chi connectivity index (χ4v) is 5.20. The Labute approximate surface area is 175 Å². The number of nitrogens with zero attached hydrogens (tertiary/aromatic N) is 1. The maximum Gasteiger partial charge on any atom is 0.335 e. The second-order valence-electron chi connectivity index (χ2n) is 5.73. The van der Waals surface area contributed by atoms with Crippen molar-refractivity contribution in [3.63, 3.8) is 0 Å². The van der Waals surface area contributed by atoms with Crippen LogP contribution in [0.4, 0.5) is 5.69 Å². The average molecular weight is 479 g/mol. The number of carboxylic acid groups (broad SMARTS) is 1. The SMILES string of the molecule is O=C(O)c1ccc(Br)c(S(=O)(=O)Nc2ccc(SCc3cccnc3)cc2)c1. The average Bonchev–Trinajstić information content (AvgIpc) is 2.68. The lowest BCUT2D eigenvalue weighted by Gasteiger charge is -2.11. The van der Waals surface area contributed by atoms with E-state index in [9.17, 15) is 13.2 Å². The molecule has 0 spiro atoms. The first-order valence-corrected chi connectivity index (χ1v) is 11.3. The number of rotatable bonds is 7. The second-order valence-corrected chi connectivity index (χ2v) is 9.28. The molecule has 0 amide bonds. The number of hydrogen-bond donors (Lipinski definition) is 2. The van der Waals surface area contributed by atoms with Crippen molar-refractivity contribution in [1.82, 2.24) is 4.98 Å². The summed E-state index contributed by atoms with van der Waals surface area (Å²) >= 11 is 4.78. The first-order chi connectivity index (χ1) is 13.3. The van der Waals surface area contributed by atoms with Gasteiger partial charge in [0.05, 0.1) is 5.56 Å². The first kappa shape index (κ1) is 20.4. The largest absolute Gasteiger partial charge is 0.478 e. The van der Waals surface area contributed by atoms with E-state index in [0.29, 0.717) is 5.69 Å². The molecule has 1 aromatic heterocycles. The maximum atomic E-state index is 12.6. The normalized spacial score (nSPS) is 11.2. The summed E-state index contributed by atoms with van der Waals surface area (Å²) in [6.07, 6.45) is 3.53. The number of thioether (sulfide) groups is 1. The van der Waals surface area contributed by atoms with Crippen LogP contribution in [0.3, 0.4) is 0 Å². The van der Waals surface area contributed by atoms with Crippen molar-refractivity contribution in [2.45, 2.75) is 15.5 Å². The molecule has 0 unspecified atom stereocenters. The Morgan fingerprint density at radius 1 is 1.14 bits per heavy atom. The third-order valence-electron chi connectivity index (χ3n) is 3.70. The zero-order valence-electron chi connectivity index (χ0n) is 14.4. The summed E-state index contributed by atoms with van der Waals surface area (Å²) in [5, 5.41) is 9.08. The number of nitrogens with one attached hydrogen (secondary N) is 1. The number of anilines is 1. The van der Waals surface area contributed by atoms with Gasteiger partial charge in [-0.05, 0) is 70.0 Å². The molecule has 9 heteroatoms. The standard InChI is InChI=1S/C19H15BrN2O4S2/c20-17-8-3-14(19(23)24)10-18(17)28(25,26)22-15-4-6-16(7-5-15)27-12-13-2-1-9-21-11-13/h1-11,22H,12H2,(H,23,24). The number of carbonyl (C=O) groups is 1. The zero-order valence-corrected chi connectivity index (χ0v) is 17.6. The predicted octanol–water partition coefficient (Wildman–Crippen LogP) is 4.64. The molecular formula is C19H15BrN2O4S2. The molecule has 2 aromatic carbocycles. The van der Waals surface area contributed by atoms with Crippen LogP contribution in [0.25, 0.3) is 0 Å². The first-order valence-electron chi connectivity index (χ1n) is 8.02. The summed E-state index contributed by atoms with van der Waals surface area (Å²) < 4.78 is 28.1. The van der Waals surface area contributed by atoms with Gasteiger partial charge in [-0.15, -0.1) is 11.8 Å². The van der Waals surface area contributed by atoms with Gasteiger partial charge in [0.25, 0.3) is 10.0 Å². The molecule has 0 fully saturated rings. The second kappa shape index (κ2) is 8.76. The minimum Gasteiger partial charge on any atom is -0.478 e. The Morgan fingerprint density at radius 2 is 1.89 bits per heavy atom. The Hall–Kier alpha value is -2.36. The van der Waals surface area contributed by atoms with Crippen molar-refractivity contribution in [2.75, 3.05) is 4.72 Å². The molecule has 144 valence electrons. The molecular weight excluding hydrogens is 464 g/mol. The van der Waals surface area contributed by atoms with Gasteiger partial charge < -0.3 is 5.11 Å². The molecule has 0 aliphatic rings. The molecule has 1 heterocycles. The maximum absolute atomic E-state index is 12.6. The van der Waals surface area contributed by atoms with Crippen LogP contribution in [-0.4, -0.2) is 24.5 Å². The van der Waals surface area contributed by atoms with Crippen LogP contribution < -0.4 is 4.72 Å². The summed E-state index contributed by atoms with van der Waals surface area (Å²) in [6, 6.07) is 14.7. The predicted molar refractivity (Wildman–Crippen MR) is 112 cm³/mol. The molecule has 0 saturated heterocycles. The number of halogens is 1. The lowest BCUT2D eigenvalue weighted by atomic mass is 10.2. The topological polar surface area (TPSA) is 96.4 Å². The van der Waals surface area contributed by atoms with Gasteiger partial charge in [0.2, 0.25) is 0 Å². The Bertz CT molecular complexity index is 1090. The van der Waals surface area contributed by atoms with E-state index in [0.717, 1.165) is 22.3 Å². The van der Waals surface area contributed by atoms with E-state index in [-0.39, 0.29) is 14.9 Å². The molecule has 0 saturated carbocycles. The molecule has 2 N–H and O–H groups in total. The van der Waals surface area contributed by atoms with E-state index < -0.39 is 16.0 Å². The Kier molecular flexibility index (Phi) is 6.38. The van der Waals surface area contributed by atoms with Crippen LogP contribution in [0.1, 0.15) is 15.9 Å². The summed E-state index contributed by atoms with van der Waals surface area (Å²) in [4.78, 5) is 16.0. The quantitative estimate of drug-likeness (QED) is 0.480. The summed E-state index contributed by atoms with van der Waals surface area (Å²) in [5.74, 6) is -0.438. The molecule has 0 aliphatic heterocycles. The number of hydrogen-bond acceptors (Lipinski definition) is 5. The molecule has 0 atom stereocenters. The Morgan fingerprint density at radius 3 is 2.54 bits per heavy atom. The van der Waals surface area contributed by atoms with E-state index in [1.54, 1.807) is 36.3 Å². The highest BCUT2D eigenvalue weighted by atomic mass is 79.9. The summed E-state index contributed by atoms with van der Waals surface area (Å²) in [5.41, 5.74) is 1.38. The van der Waals surface area contributed by atoms with Crippen LogP contribution in [0.2, 0.25) is 0 Å². The van der Waals surface area contributed by atoms with Crippen LogP contribution in [0, 0.1) is 0 Å². The van der Waals surface area contributed by atoms with Crippen molar-refractivity contribution in [2.24, 2.45) is 0 Å². The van der Waals surface area contributed by atoms with E-state index in [1.165, 1.54) is 12.1 Å². The summed E-state index contributed by atoms with van der Waals surface area (Å²) in [7, 11) is -3.94. The van der Waals surface area contributed by atoms with Crippen LogP contribution in [0.5, 0.6) is 0 Å². The fourth-order valence-electron chi connectivity index (χ4n) is 2.32. The number of pyridine rings is 1. The van der Waals surface area contributed by atoms with Gasteiger partial charge in [0.15, 0.2) is 0 Å². The number of aromatic carboxylic acids is 1. The zero-order chi connectivity index (χ0) is 20.1. The van der Waals surface area contributed by atoms with E-state index in [1.807, 2.05) is 24.3 Å². The van der Waals surface area contributed by atoms with Crippen molar-refractivity contribution in [3.05, 3.63) is 82.6 Å². The molecule has 0 bridgehead atoms. The van der Waals surface area contributed by atoms with Crippen molar-refractivity contribution in [1.29, 1.82) is 0 Å². The van der Waals surface area contributed by atoms with Gasteiger partial charge in [0.1, 0.15) is 4.90 Å². The lowest BCUT2D eigenvalue weighted by molar-refractivity contribution is 0.0696. The minimum absolute atomic E-state index is 0.106. The van der Waals surface area contributed by atoms with E-state index in [4.69, 9.17) is 5.11 Å². The smallest absolute Gasteiger partial charge is 0.335 e. The number of aromatic nitrogens is 1. The highest BCUT2D eigenvalue weighted by Gasteiger charge is 2.20. The number of sulfonamides is 1. The van der Waals surface area contributed by atoms with Crippen LogP contribution in [0.15, 0.2) is 81.3 Å². The van der Waals surface area contributed by atoms with Gasteiger partial charge in [0, 0.05) is 33.2 Å². The van der Waals surface area contributed by atoms with Crippen LogP contribution >= 0.6 is 27.7 Å². The minimum atomic E-state index is -3.94. The monoisotopic (exact) mass is 478 g/mol. The lowest BCUT2D eigenvalue weighted by Crippen LogP contribution is -2.14.